The van der Waals surface area contributed by atoms with E-state index in [-0.39, 0.29) is 35.8 Å². The van der Waals surface area contributed by atoms with Crippen LogP contribution in [-0.4, -0.2) is 83.2 Å². The number of hydrazone groups is 1. The van der Waals surface area contributed by atoms with Crippen LogP contribution in [0, 0.1) is 21.8 Å². The molecule has 5 rings (SSSR count). The zero-order valence-corrected chi connectivity index (χ0v) is 22.4. The topological polar surface area (TPSA) is 109 Å². The smallest absolute Gasteiger partial charge is 0.269 e. The number of morpholine rings is 1. The lowest BCUT2D eigenvalue weighted by Crippen LogP contribution is -2.47. The van der Waals surface area contributed by atoms with Crippen LogP contribution >= 0.6 is 0 Å². The van der Waals surface area contributed by atoms with E-state index in [4.69, 9.17) is 4.74 Å². The zero-order chi connectivity index (χ0) is 28.1. The number of hydrogen-bond donors (Lipinski definition) is 0. The maximum absolute atomic E-state index is 13.9. The van der Waals surface area contributed by atoms with Crippen molar-refractivity contribution < 1.29 is 23.6 Å². The zero-order valence-electron chi connectivity index (χ0n) is 22.4. The van der Waals surface area contributed by atoms with Crippen molar-refractivity contribution in [3.63, 3.8) is 0 Å². The van der Waals surface area contributed by atoms with Crippen LogP contribution in [-0.2, 0) is 14.3 Å². The molecule has 1 aliphatic carbocycles. The molecular weight excluding hydrogens is 517 g/mol. The Morgan fingerprint density at radius 1 is 1.10 bits per heavy atom. The van der Waals surface area contributed by atoms with Gasteiger partial charge in [0.15, 0.2) is 0 Å². The van der Waals surface area contributed by atoms with Crippen LogP contribution in [0.25, 0.3) is 0 Å². The molecule has 1 saturated carbocycles. The highest BCUT2D eigenvalue weighted by Crippen LogP contribution is 2.35. The van der Waals surface area contributed by atoms with E-state index >= 15 is 0 Å². The standard InChI is InChI=1S/C29H34FN5O5/c30-24-10-8-21(9-11-24)26-19-27(23-6-3-7-25(18-23)35(38)39)34(31-26)28(36)20-33(29(37)22-4-1-2-5-22)13-12-32-14-16-40-17-15-32/h3,6-11,18,22,27H,1-2,4-5,12-17,19-20H2/t27-/m0/s1. The van der Waals surface area contributed by atoms with Gasteiger partial charge in [0.25, 0.3) is 11.6 Å². The molecule has 1 saturated heterocycles. The van der Waals surface area contributed by atoms with Gasteiger partial charge in [0.2, 0.25) is 5.91 Å². The van der Waals surface area contributed by atoms with Crippen molar-refractivity contribution in [2.75, 3.05) is 45.9 Å². The number of benzene rings is 2. The number of rotatable bonds is 9. The number of ether oxygens (including phenoxy) is 1. The van der Waals surface area contributed by atoms with Crippen LogP contribution < -0.4 is 0 Å². The Morgan fingerprint density at radius 2 is 1.82 bits per heavy atom. The first kappa shape index (κ1) is 27.9. The van der Waals surface area contributed by atoms with Crippen molar-refractivity contribution in [1.29, 1.82) is 0 Å². The molecule has 0 N–H and O–H groups in total. The van der Waals surface area contributed by atoms with E-state index in [0.29, 0.717) is 49.6 Å². The van der Waals surface area contributed by atoms with E-state index in [2.05, 4.69) is 10.0 Å². The molecular formula is C29H34FN5O5. The molecule has 40 heavy (non-hydrogen) atoms. The average Bonchev–Trinajstić information content (AvgIpc) is 3.67. The van der Waals surface area contributed by atoms with E-state index in [9.17, 15) is 24.1 Å². The number of halogens is 1. The van der Waals surface area contributed by atoms with Gasteiger partial charge in [0.1, 0.15) is 12.4 Å². The molecule has 2 amide bonds. The van der Waals surface area contributed by atoms with Crippen LogP contribution in [0.3, 0.4) is 0 Å². The van der Waals surface area contributed by atoms with Crippen molar-refractivity contribution >= 4 is 23.2 Å². The fourth-order valence-electron chi connectivity index (χ4n) is 5.68. The number of hydrogen-bond acceptors (Lipinski definition) is 7. The van der Waals surface area contributed by atoms with Gasteiger partial charge in [0, 0.05) is 50.7 Å². The summed E-state index contributed by atoms with van der Waals surface area (Å²) < 4.78 is 19.0. The Balaban J connectivity index is 1.40. The Bertz CT molecular complexity index is 1260. The number of nitro benzene ring substituents is 1. The van der Waals surface area contributed by atoms with Crippen molar-refractivity contribution in [1.82, 2.24) is 14.8 Å². The Labute approximate surface area is 232 Å². The Morgan fingerprint density at radius 3 is 2.52 bits per heavy atom. The van der Waals surface area contributed by atoms with Gasteiger partial charge in [0.05, 0.1) is 29.9 Å². The minimum atomic E-state index is -0.588. The molecule has 1 atom stereocenters. The highest BCUT2D eigenvalue weighted by Gasteiger charge is 2.36. The third kappa shape index (κ3) is 6.53. The molecule has 10 nitrogen and oxygen atoms in total. The number of nitrogens with zero attached hydrogens (tertiary/aromatic N) is 5. The summed E-state index contributed by atoms with van der Waals surface area (Å²) in [4.78, 5) is 42.3. The van der Waals surface area contributed by atoms with E-state index in [0.717, 1.165) is 38.8 Å². The molecule has 2 aromatic rings. The molecule has 212 valence electrons. The summed E-state index contributed by atoms with van der Waals surface area (Å²) in [6.45, 7) is 3.80. The average molecular weight is 552 g/mol. The number of amides is 2. The quantitative estimate of drug-likeness (QED) is 0.347. The van der Waals surface area contributed by atoms with E-state index in [1.54, 1.807) is 29.2 Å². The molecule has 0 spiro atoms. The molecule has 0 unspecified atom stereocenters. The first-order chi connectivity index (χ1) is 19.4. The normalized spacial score (nSPS) is 20.0. The first-order valence-corrected chi connectivity index (χ1v) is 13.9. The number of nitro groups is 1. The second kappa shape index (κ2) is 12.6. The summed E-state index contributed by atoms with van der Waals surface area (Å²) in [7, 11) is 0. The highest BCUT2D eigenvalue weighted by molar-refractivity contribution is 6.03. The summed E-state index contributed by atoms with van der Waals surface area (Å²) >= 11 is 0. The van der Waals surface area contributed by atoms with Gasteiger partial charge in [-0.2, -0.15) is 5.10 Å². The fourth-order valence-corrected chi connectivity index (χ4v) is 5.68. The number of carbonyl (C=O) groups excluding carboxylic acids is 2. The summed E-state index contributed by atoms with van der Waals surface area (Å²) in [6.07, 6.45) is 3.98. The predicted molar refractivity (Wildman–Crippen MR) is 146 cm³/mol. The lowest BCUT2D eigenvalue weighted by molar-refractivity contribution is -0.385. The number of carbonyl (C=O) groups is 2. The third-order valence-electron chi connectivity index (χ3n) is 7.94. The molecule has 2 heterocycles. The maximum Gasteiger partial charge on any atom is 0.269 e. The van der Waals surface area contributed by atoms with Crippen LogP contribution in [0.2, 0.25) is 0 Å². The van der Waals surface area contributed by atoms with Crippen molar-refractivity contribution in [3.05, 3.63) is 75.6 Å². The van der Waals surface area contributed by atoms with Crippen LogP contribution in [0.15, 0.2) is 53.6 Å². The second-order valence-corrected chi connectivity index (χ2v) is 10.6. The number of non-ortho nitro benzene ring substituents is 1. The van der Waals surface area contributed by atoms with Gasteiger partial charge >= 0.3 is 0 Å². The van der Waals surface area contributed by atoms with Crippen LogP contribution in [0.4, 0.5) is 10.1 Å². The molecule has 0 bridgehead atoms. The largest absolute Gasteiger partial charge is 0.379 e. The van der Waals surface area contributed by atoms with Crippen LogP contribution in [0.1, 0.15) is 49.3 Å². The minimum Gasteiger partial charge on any atom is -0.379 e. The van der Waals surface area contributed by atoms with Gasteiger partial charge < -0.3 is 9.64 Å². The lowest BCUT2D eigenvalue weighted by atomic mass is 9.98. The highest BCUT2D eigenvalue weighted by atomic mass is 19.1. The molecule has 2 aromatic carbocycles. The lowest BCUT2D eigenvalue weighted by Gasteiger charge is -2.32. The van der Waals surface area contributed by atoms with Crippen molar-refractivity contribution in [2.45, 2.75) is 38.1 Å². The molecule has 0 radical (unpaired) electrons. The van der Waals surface area contributed by atoms with Crippen molar-refractivity contribution in [2.24, 2.45) is 11.0 Å². The summed E-state index contributed by atoms with van der Waals surface area (Å²) in [6, 6.07) is 11.5. The minimum absolute atomic E-state index is 0.00653. The molecule has 0 aromatic heterocycles. The third-order valence-corrected chi connectivity index (χ3v) is 7.94. The second-order valence-electron chi connectivity index (χ2n) is 10.6. The maximum atomic E-state index is 13.9. The Hall–Kier alpha value is -3.70. The van der Waals surface area contributed by atoms with Gasteiger partial charge in [-0.05, 0) is 36.1 Å². The molecule has 2 fully saturated rings. The van der Waals surface area contributed by atoms with E-state index in [1.807, 2.05) is 0 Å². The van der Waals surface area contributed by atoms with E-state index in [1.165, 1.54) is 29.3 Å². The Kier molecular flexibility index (Phi) is 8.81. The predicted octanol–water partition coefficient (Wildman–Crippen LogP) is 3.76. The van der Waals surface area contributed by atoms with Crippen LogP contribution in [0.5, 0.6) is 0 Å². The first-order valence-electron chi connectivity index (χ1n) is 13.9. The van der Waals surface area contributed by atoms with Gasteiger partial charge in [-0.3, -0.25) is 24.6 Å². The van der Waals surface area contributed by atoms with Gasteiger partial charge in [-0.15, -0.1) is 0 Å². The molecule has 2 aliphatic heterocycles. The molecule has 11 heteroatoms. The SMILES string of the molecule is O=C(C1CCCC1)N(CCN1CCOCC1)CC(=O)N1N=C(c2ccc(F)cc2)C[C@H]1c1cccc([N+](=O)[O-])c1. The summed E-state index contributed by atoms with van der Waals surface area (Å²) in [5.74, 6) is -0.830. The van der Waals surface area contributed by atoms with Gasteiger partial charge in [-0.1, -0.05) is 37.1 Å². The monoisotopic (exact) mass is 551 g/mol. The van der Waals surface area contributed by atoms with E-state index < -0.39 is 11.0 Å². The van der Waals surface area contributed by atoms with Gasteiger partial charge in [-0.25, -0.2) is 9.40 Å². The van der Waals surface area contributed by atoms with Crippen molar-refractivity contribution in [3.8, 4) is 0 Å². The fraction of sp³-hybridized carbons (Fsp3) is 0.483. The molecule has 3 aliphatic rings. The summed E-state index contributed by atoms with van der Waals surface area (Å²) in [5, 5.41) is 17.4. The summed E-state index contributed by atoms with van der Waals surface area (Å²) in [5.41, 5.74) is 1.74.